The Morgan fingerprint density at radius 3 is 2.67 bits per heavy atom. The van der Waals surface area contributed by atoms with Gasteiger partial charge in [0.05, 0.1) is 6.20 Å². The molecule has 0 radical (unpaired) electrons. The molecular weight excluding hydrogens is 248 g/mol. The summed E-state index contributed by atoms with van der Waals surface area (Å²) in [4.78, 5) is 2.54. The van der Waals surface area contributed by atoms with Crippen molar-refractivity contribution >= 4 is 12.4 Å². The van der Waals surface area contributed by atoms with Crippen molar-refractivity contribution in [3.63, 3.8) is 0 Å². The second-order valence-corrected chi connectivity index (χ2v) is 4.98. The summed E-state index contributed by atoms with van der Waals surface area (Å²) in [5.74, 6) is 0.870. The fourth-order valence-electron chi connectivity index (χ4n) is 2.56. The van der Waals surface area contributed by atoms with E-state index in [4.69, 9.17) is 0 Å². The summed E-state index contributed by atoms with van der Waals surface area (Å²) in [6.45, 7) is 7.77. The van der Waals surface area contributed by atoms with Crippen molar-refractivity contribution in [2.24, 2.45) is 5.92 Å². The van der Waals surface area contributed by atoms with Gasteiger partial charge in [0, 0.05) is 24.8 Å². The Morgan fingerprint density at radius 2 is 2.11 bits per heavy atom. The van der Waals surface area contributed by atoms with Crippen LogP contribution in [0.3, 0.4) is 0 Å². The Kier molecular flexibility index (Phi) is 6.68. The Balaban J connectivity index is 0.00000162. The van der Waals surface area contributed by atoms with Gasteiger partial charge in [-0.1, -0.05) is 0 Å². The fourth-order valence-corrected chi connectivity index (χ4v) is 2.56. The maximum Gasteiger partial charge on any atom is 0.0534 e. The molecule has 1 saturated heterocycles. The third kappa shape index (κ3) is 4.26. The molecule has 104 valence electrons. The van der Waals surface area contributed by atoms with Crippen LogP contribution in [-0.4, -0.2) is 41.4 Å². The van der Waals surface area contributed by atoms with Crippen LogP contribution in [0.4, 0.5) is 0 Å². The fraction of sp³-hybridized carbons (Fsp3) is 0.769. The molecule has 5 heteroatoms. The normalized spacial score (nSPS) is 17.7. The minimum absolute atomic E-state index is 0. The molecule has 1 aromatic rings. The highest BCUT2D eigenvalue weighted by Gasteiger charge is 2.18. The lowest BCUT2D eigenvalue weighted by Gasteiger charge is -2.31. The molecule has 0 amide bonds. The van der Waals surface area contributed by atoms with E-state index in [-0.39, 0.29) is 12.4 Å². The standard InChI is InChI=1S/C13H24N4.ClH/c1-3-17-11-13(9-15-17)10-16-6-4-12(5-7-16)8-14-2;/h9,11-12,14H,3-8,10H2,1-2H3;1H. The first-order valence-electron chi connectivity index (χ1n) is 6.70. The van der Waals surface area contributed by atoms with Gasteiger partial charge in [0.15, 0.2) is 0 Å². The number of rotatable bonds is 5. The summed E-state index contributed by atoms with van der Waals surface area (Å²) in [5, 5.41) is 7.61. The van der Waals surface area contributed by atoms with E-state index in [1.807, 2.05) is 17.9 Å². The van der Waals surface area contributed by atoms with Gasteiger partial charge in [0.1, 0.15) is 0 Å². The number of nitrogens with one attached hydrogen (secondary N) is 1. The molecular formula is C13H25ClN4. The van der Waals surface area contributed by atoms with E-state index in [0.29, 0.717) is 0 Å². The van der Waals surface area contributed by atoms with Crippen LogP contribution in [0.25, 0.3) is 0 Å². The minimum atomic E-state index is 0. The molecule has 18 heavy (non-hydrogen) atoms. The molecule has 0 bridgehead atoms. The highest BCUT2D eigenvalue weighted by molar-refractivity contribution is 5.85. The van der Waals surface area contributed by atoms with Gasteiger partial charge in [-0.15, -0.1) is 12.4 Å². The van der Waals surface area contributed by atoms with Crippen molar-refractivity contribution in [3.05, 3.63) is 18.0 Å². The van der Waals surface area contributed by atoms with E-state index in [1.54, 1.807) is 0 Å². The average molecular weight is 273 g/mol. The molecule has 0 saturated carbocycles. The van der Waals surface area contributed by atoms with Gasteiger partial charge in [0.2, 0.25) is 0 Å². The summed E-state index contributed by atoms with van der Waals surface area (Å²) < 4.78 is 2.00. The lowest BCUT2D eigenvalue weighted by Crippen LogP contribution is -2.36. The van der Waals surface area contributed by atoms with E-state index in [1.165, 1.54) is 38.0 Å². The van der Waals surface area contributed by atoms with Crippen LogP contribution >= 0.6 is 12.4 Å². The highest BCUT2D eigenvalue weighted by Crippen LogP contribution is 2.18. The van der Waals surface area contributed by atoms with Crippen LogP contribution in [-0.2, 0) is 13.1 Å². The van der Waals surface area contributed by atoms with Crippen molar-refractivity contribution in [3.8, 4) is 0 Å². The minimum Gasteiger partial charge on any atom is -0.319 e. The summed E-state index contributed by atoms with van der Waals surface area (Å²) in [6.07, 6.45) is 6.81. The number of aryl methyl sites for hydroxylation is 1. The van der Waals surface area contributed by atoms with Crippen LogP contribution in [0.5, 0.6) is 0 Å². The van der Waals surface area contributed by atoms with E-state index in [9.17, 15) is 0 Å². The number of hydrogen-bond acceptors (Lipinski definition) is 3. The van der Waals surface area contributed by atoms with E-state index < -0.39 is 0 Å². The first-order chi connectivity index (χ1) is 8.31. The zero-order chi connectivity index (χ0) is 12.1. The number of piperidine rings is 1. The first-order valence-corrected chi connectivity index (χ1v) is 6.70. The Hall–Kier alpha value is -0.580. The monoisotopic (exact) mass is 272 g/mol. The number of likely N-dealkylation sites (tertiary alicyclic amines) is 1. The van der Waals surface area contributed by atoms with E-state index in [0.717, 1.165) is 19.0 Å². The zero-order valence-electron chi connectivity index (χ0n) is 11.4. The SMILES string of the molecule is CCn1cc(CN2CCC(CNC)CC2)cn1.Cl. The number of nitrogens with zero attached hydrogens (tertiary/aromatic N) is 3. The molecule has 1 aliphatic rings. The third-order valence-corrected chi connectivity index (χ3v) is 3.62. The van der Waals surface area contributed by atoms with Crippen molar-refractivity contribution in [2.75, 3.05) is 26.7 Å². The van der Waals surface area contributed by atoms with Crippen molar-refractivity contribution in [1.29, 1.82) is 0 Å². The lowest BCUT2D eigenvalue weighted by molar-refractivity contribution is 0.176. The van der Waals surface area contributed by atoms with Crippen molar-refractivity contribution in [1.82, 2.24) is 20.0 Å². The highest BCUT2D eigenvalue weighted by atomic mass is 35.5. The molecule has 1 aromatic heterocycles. The van der Waals surface area contributed by atoms with Crippen LogP contribution in [0, 0.1) is 5.92 Å². The molecule has 0 spiro atoms. The quantitative estimate of drug-likeness (QED) is 0.887. The van der Waals surface area contributed by atoms with Gasteiger partial charge in [0.25, 0.3) is 0 Å². The number of halogens is 1. The van der Waals surface area contributed by atoms with Crippen LogP contribution in [0.1, 0.15) is 25.3 Å². The second kappa shape index (κ2) is 7.77. The van der Waals surface area contributed by atoms with Gasteiger partial charge >= 0.3 is 0 Å². The van der Waals surface area contributed by atoms with Crippen LogP contribution < -0.4 is 5.32 Å². The number of aromatic nitrogens is 2. The number of hydrogen-bond donors (Lipinski definition) is 1. The topological polar surface area (TPSA) is 33.1 Å². The van der Waals surface area contributed by atoms with E-state index in [2.05, 4.69) is 28.4 Å². The molecule has 1 aliphatic heterocycles. The van der Waals surface area contributed by atoms with Crippen LogP contribution in [0.15, 0.2) is 12.4 Å². The van der Waals surface area contributed by atoms with Crippen molar-refractivity contribution in [2.45, 2.75) is 32.9 Å². The average Bonchev–Trinajstić information content (AvgIpc) is 2.80. The molecule has 1 fully saturated rings. The molecule has 0 aromatic carbocycles. The third-order valence-electron chi connectivity index (χ3n) is 3.62. The molecule has 1 N–H and O–H groups in total. The molecule has 0 unspecified atom stereocenters. The van der Waals surface area contributed by atoms with Gasteiger partial charge in [-0.05, 0) is 52.4 Å². The summed E-state index contributed by atoms with van der Waals surface area (Å²) >= 11 is 0. The van der Waals surface area contributed by atoms with Gasteiger partial charge in [-0.3, -0.25) is 9.58 Å². The van der Waals surface area contributed by atoms with E-state index >= 15 is 0 Å². The molecule has 0 aliphatic carbocycles. The maximum atomic E-state index is 4.32. The van der Waals surface area contributed by atoms with Crippen molar-refractivity contribution < 1.29 is 0 Å². The smallest absolute Gasteiger partial charge is 0.0534 e. The Bertz CT molecular complexity index is 331. The molecule has 4 nitrogen and oxygen atoms in total. The first kappa shape index (κ1) is 15.5. The van der Waals surface area contributed by atoms with Gasteiger partial charge in [-0.25, -0.2) is 0 Å². The van der Waals surface area contributed by atoms with Gasteiger partial charge in [-0.2, -0.15) is 5.10 Å². The lowest BCUT2D eigenvalue weighted by atomic mass is 9.97. The second-order valence-electron chi connectivity index (χ2n) is 4.98. The predicted octanol–water partition coefficient (Wildman–Crippen LogP) is 1.76. The predicted molar refractivity (Wildman–Crippen MR) is 77.1 cm³/mol. The Morgan fingerprint density at radius 1 is 1.39 bits per heavy atom. The van der Waals surface area contributed by atoms with Gasteiger partial charge < -0.3 is 5.32 Å². The largest absolute Gasteiger partial charge is 0.319 e. The molecule has 2 rings (SSSR count). The zero-order valence-corrected chi connectivity index (χ0v) is 12.2. The summed E-state index contributed by atoms with van der Waals surface area (Å²) in [7, 11) is 2.05. The summed E-state index contributed by atoms with van der Waals surface area (Å²) in [6, 6.07) is 0. The molecule has 2 heterocycles. The summed E-state index contributed by atoms with van der Waals surface area (Å²) in [5.41, 5.74) is 1.35. The van der Waals surface area contributed by atoms with Crippen LogP contribution in [0.2, 0.25) is 0 Å². The Labute approximate surface area is 116 Å². The maximum absolute atomic E-state index is 4.32. The molecule has 0 atom stereocenters.